The maximum absolute atomic E-state index is 13.4. The summed E-state index contributed by atoms with van der Waals surface area (Å²) in [5.41, 5.74) is 1.60. The van der Waals surface area contributed by atoms with Gasteiger partial charge < -0.3 is 10.2 Å². The predicted molar refractivity (Wildman–Crippen MR) is 93.8 cm³/mol. The number of carbonyl (C=O) groups excluding carboxylic acids is 1. The van der Waals surface area contributed by atoms with Crippen molar-refractivity contribution in [2.24, 2.45) is 0 Å². The van der Waals surface area contributed by atoms with Gasteiger partial charge in [0.1, 0.15) is 5.82 Å². The zero-order valence-electron chi connectivity index (χ0n) is 13.1. The number of carbonyl (C=O) groups is 1. The molecule has 0 bridgehead atoms. The molecule has 23 heavy (non-hydrogen) atoms. The summed E-state index contributed by atoms with van der Waals surface area (Å²) in [5, 5.41) is 2.82. The van der Waals surface area contributed by atoms with Crippen LogP contribution < -0.4 is 5.32 Å². The predicted octanol–water partition coefficient (Wildman–Crippen LogP) is 3.84. The fourth-order valence-corrected chi connectivity index (χ4v) is 2.51. The highest BCUT2D eigenvalue weighted by Gasteiger charge is 2.08. The van der Waals surface area contributed by atoms with E-state index in [-0.39, 0.29) is 5.91 Å². The second-order valence-corrected chi connectivity index (χ2v) is 6.32. The first-order chi connectivity index (χ1) is 11.1. The van der Waals surface area contributed by atoms with Gasteiger partial charge in [0, 0.05) is 18.7 Å². The second kappa shape index (κ2) is 8.79. The van der Waals surface area contributed by atoms with Crippen molar-refractivity contribution in [1.82, 2.24) is 10.2 Å². The van der Waals surface area contributed by atoms with Crippen LogP contribution in [-0.2, 0) is 6.54 Å². The Morgan fingerprint density at radius 3 is 2.65 bits per heavy atom. The van der Waals surface area contributed by atoms with Crippen LogP contribution in [0.15, 0.2) is 53.0 Å². The smallest absolute Gasteiger partial charge is 0.251 e. The first kappa shape index (κ1) is 17.6. The van der Waals surface area contributed by atoms with Gasteiger partial charge in [0.05, 0.1) is 4.47 Å². The molecule has 0 saturated carbocycles. The van der Waals surface area contributed by atoms with Crippen LogP contribution in [0.4, 0.5) is 4.39 Å². The molecule has 122 valence electrons. The third kappa shape index (κ3) is 5.77. The van der Waals surface area contributed by atoms with E-state index in [2.05, 4.69) is 45.3 Å². The lowest BCUT2D eigenvalue weighted by Gasteiger charge is -2.16. The quantitative estimate of drug-likeness (QED) is 0.742. The summed E-state index contributed by atoms with van der Waals surface area (Å²) in [6.45, 7) is 2.33. The number of amides is 1. The first-order valence-electron chi connectivity index (χ1n) is 7.52. The Bertz CT molecular complexity index is 649. The van der Waals surface area contributed by atoms with Crippen LogP contribution in [0.25, 0.3) is 0 Å². The topological polar surface area (TPSA) is 32.3 Å². The average molecular weight is 379 g/mol. The molecule has 2 aromatic carbocycles. The van der Waals surface area contributed by atoms with Gasteiger partial charge in [-0.25, -0.2) is 4.39 Å². The highest BCUT2D eigenvalue weighted by molar-refractivity contribution is 9.10. The van der Waals surface area contributed by atoms with Gasteiger partial charge in [-0.2, -0.15) is 0 Å². The molecular formula is C18H20BrFN2O. The van der Waals surface area contributed by atoms with Crippen LogP contribution in [0.2, 0.25) is 0 Å². The molecule has 0 aliphatic rings. The molecule has 0 fully saturated rings. The molecule has 1 amide bonds. The van der Waals surface area contributed by atoms with E-state index in [1.165, 1.54) is 17.7 Å². The standard InChI is InChI=1S/C18H20BrFN2O/c1-22(13-14-6-3-2-4-7-14)11-5-10-21-18(23)15-8-9-16(19)17(20)12-15/h2-4,6-9,12H,5,10-11,13H2,1H3,(H,21,23). The van der Waals surface area contributed by atoms with E-state index in [9.17, 15) is 9.18 Å². The molecule has 0 heterocycles. The lowest BCUT2D eigenvalue weighted by Crippen LogP contribution is -2.28. The van der Waals surface area contributed by atoms with Crippen LogP contribution in [0.5, 0.6) is 0 Å². The molecule has 5 heteroatoms. The Labute approximate surface area is 144 Å². The van der Waals surface area contributed by atoms with E-state index in [4.69, 9.17) is 0 Å². The molecule has 0 aliphatic heterocycles. The molecule has 1 N–H and O–H groups in total. The van der Waals surface area contributed by atoms with Crippen molar-refractivity contribution in [2.75, 3.05) is 20.1 Å². The Balaban J connectivity index is 1.70. The molecule has 0 unspecified atom stereocenters. The van der Waals surface area contributed by atoms with Crippen molar-refractivity contribution in [3.8, 4) is 0 Å². The normalized spacial score (nSPS) is 10.8. The molecule has 0 saturated heterocycles. The fraction of sp³-hybridized carbons (Fsp3) is 0.278. The van der Waals surface area contributed by atoms with E-state index in [1.54, 1.807) is 6.07 Å². The molecule has 0 aliphatic carbocycles. The number of nitrogens with one attached hydrogen (secondary N) is 1. The summed E-state index contributed by atoms with van der Waals surface area (Å²) >= 11 is 3.07. The molecule has 2 aromatic rings. The first-order valence-corrected chi connectivity index (χ1v) is 8.31. The second-order valence-electron chi connectivity index (χ2n) is 5.46. The summed E-state index contributed by atoms with van der Waals surface area (Å²) in [6.07, 6.45) is 0.841. The van der Waals surface area contributed by atoms with Crippen LogP contribution in [0.1, 0.15) is 22.3 Å². The minimum atomic E-state index is -0.430. The summed E-state index contributed by atoms with van der Waals surface area (Å²) in [5.74, 6) is -0.678. The SMILES string of the molecule is CN(CCCNC(=O)c1ccc(Br)c(F)c1)Cc1ccccc1. The van der Waals surface area contributed by atoms with Crippen LogP contribution in [-0.4, -0.2) is 30.9 Å². The van der Waals surface area contributed by atoms with Gasteiger partial charge in [-0.1, -0.05) is 30.3 Å². The number of rotatable bonds is 7. The van der Waals surface area contributed by atoms with E-state index in [0.29, 0.717) is 16.6 Å². The third-order valence-electron chi connectivity index (χ3n) is 3.48. The Morgan fingerprint density at radius 2 is 1.96 bits per heavy atom. The number of nitrogens with zero attached hydrogens (tertiary/aromatic N) is 1. The van der Waals surface area contributed by atoms with Gasteiger partial charge in [0.2, 0.25) is 0 Å². The number of hydrogen-bond donors (Lipinski definition) is 1. The molecule has 0 radical (unpaired) electrons. The molecular weight excluding hydrogens is 359 g/mol. The van der Waals surface area contributed by atoms with Crippen molar-refractivity contribution in [3.05, 3.63) is 69.9 Å². The Kier molecular flexibility index (Phi) is 6.74. The number of halogens is 2. The van der Waals surface area contributed by atoms with E-state index < -0.39 is 5.82 Å². The highest BCUT2D eigenvalue weighted by atomic mass is 79.9. The fourth-order valence-electron chi connectivity index (χ4n) is 2.26. The molecule has 0 spiro atoms. The van der Waals surface area contributed by atoms with Crippen molar-refractivity contribution >= 4 is 21.8 Å². The third-order valence-corrected chi connectivity index (χ3v) is 4.12. The monoisotopic (exact) mass is 378 g/mol. The average Bonchev–Trinajstić information content (AvgIpc) is 2.55. The molecule has 3 nitrogen and oxygen atoms in total. The summed E-state index contributed by atoms with van der Waals surface area (Å²) < 4.78 is 13.8. The zero-order chi connectivity index (χ0) is 16.7. The van der Waals surface area contributed by atoms with Crippen LogP contribution >= 0.6 is 15.9 Å². The van der Waals surface area contributed by atoms with E-state index in [1.807, 2.05) is 18.2 Å². The largest absolute Gasteiger partial charge is 0.352 e. The summed E-state index contributed by atoms with van der Waals surface area (Å²) in [4.78, 5) is 14.1. The summed E-state index contributed by atoms with van der Waals surface area (Å²) in [6, 6.07) is 14.6. The van der Waals surface area contributed by atoms with Crippen molar-refractivity contribution in [1.29, 1.82) is 0 Å². The molecule has 0 aromatic heterocycles. The van der Waals surface area contributed by atoms with Gasteiger partial charge in [-0.05, 0) is 59.7 Å². The number of benzene rings is 2. The van der Waals surface area contributed by atoms with Gasteiger partial charge in [0.15, 0.2) is 0 Å². The minimum absolute atomic E-state index is 0.248. The Morgan fingerprint density at radius 1 is 1.22 bits per heavy atom. The van der Waals surface area contributed by atoms with Gasteiger partial charge in [-0.15, -0.1) is 0 Å². The maximum atomic E-state index is 13.4. The molecule has 0 atom stereocenters. The van der Waals surface area contributed by atoms with Crippen molar-refractivity contribution < 1.29 is 9.18 Å². The van der Waals surface area contributed by atoms with Crippen molar-refractivity contribution in [3.63, 3.8) is 0 Å². The molecule has 2 rings (SSSR count). The zero-order valence-corrected chi connectivity index (χ0v) is 14.6. The van der Waals surface area contributed by atoms with Crippen molar-refractivity contribution in [2.45, 2.75) is 13.0 Å². The van der Waals surface area contributed by atoms with E-state index in [0.717, 1.165) is 19.5 Å². The maximum Gasteiger partial charge on any atom is 0.251 e. The van der Waals surface area contributed by atoms with Gasteiger partial charge in [0.25, 0.3) is 5.91 Å². The minimum Gasteiger partial charge on any atom is -0.352 e. The number of hydrogen-bond acceptors (Lipinski definition) is 2. The van der Waals surface area contributed by atoms with Crippen LogP contribution in [0.3, 0.4) is 0 Å². The summed E-state index contributed by atoms with van der Waals surface area (Å²) in [7, 11) is 2.05. The van der Waals surface area contributed by atoms with Gasteiger partial charge >= 0.3 is 0 Å². The lowest BCUT2D eigenvalue weighted by molar-refractivity contribution is 0.0951. The highest BCUT2D eigenvalue weighted by Crippen LogP contribution is 2.16. The lowest BCUT2D eigenvalue weighted by atomic mass is 10.2. The Hall–Kier alpha value is -1.72. The van der Waals surface area contributed by atoms with Gasteiger partial charge in [-0.3, -0.25) is 4.79 Å². The van der Waals surface area contributed by atoms with E-state index >= 15 is 0 Å². The van der Waals surface area contributed by atoms with Crippen LogP contribution in [0, 0.1) is 5.82 Å².